The molecule has 0 saturated carbocycles. The van der Waals surface area contributed by atoms with Gasteiger partial charge in [0, 0.05) is 0 Å². The maximum absolute atomic E-state index is 10.9. The molecule has 28 heavy (non-hydrogen) atoms. The van der Waals surface area contributed by atoms with Gasteiger partial charge in [-0.3, -0.25) is 0 Å². The molecule has 6 heteroatoms. The number of carbonyl (C=O) groups excluding carboxylic acids is 1. The number of aliphatic hydroxyl groups is 2. The predicted molar refractivity (Wildman–Crippen MR) is 112 cm³/mol. The van der Waals surface area contributed by atoms with Crippen LogP contribution in [0.1, 0.15) is 87.5 Å². The molecular formula is C22H44O6. The molecule has 0 radical (unpaired) electrons. The van der Waals surface area contributed by atoms with Crippen LogP contribution < -0.4 is 0 Å². The van der Waals surface area contributed by atoms with Crippen LogP contribution in [0.3, 0.4) is 0 Å². The van der Waals surface area contributed by atoms with Crippen LogP contribution in [-0.2, 0) is 14.3 Å². The molecule has 0 aliphatic heterocycles. The van der Waals surface area contributed by atoms with Crippen LogP contribution in [0.25, 0.3) is 0 Å². The highest BCUT2D eigenvalue weighted by Crippen LogP contribution is 2.23. The van der Waals surface area contributed by atoms with Crippen LogP contribution >= 0.6 is 0 Å². The smallest absolute Gasteiger partial charge is 0.335 e. The standard InChI is InChI=1S/2C11H22O3/c1-5-8(2)6-9(3)7-11(4,14)10(12)13;1-5-8(2)6-9(3)7-14-11(13)10(4)12/h8-9,14H,5-7H2,1-4H3,(H,12,13);8-10,12H,5-7H2,1-4H3. The van der Waals surface area contributed by atoms with E-state index in [9.17, 15) is 14.7 Å². The van der Waals surface area contributed by atoms with Gasteiger partial charge < -0.3 is 20.1 Å². The molecule has 0 bridgehead atoms. The molecule has 6 atom stereocenters. The van der Waals surface area contributed by atoms with Gasteiger partial charge in [0.2, 0.25) is 0 Å². The average Bonchev–Trinajstić information content (AvgIpc) is 2.58. The van der Waals surface area contributed by atoms with Gasteiger partial charge in [0.15, 0.2) is 5.60 Å². The number of carboxylic acids is 1. The molecule has 0 rings (SSSR count). The summed E-state index contributed by atoms with van der Waals surface area (Å²) in [7, 11) is 0. The number of hydrogen-bond acceptors (Lipinski definition) is 5. The van der Waals surface area contributed by atoms with E-state index >= 15 is 0 Å². The van der Waals surface area contributed by atoms with Gasteiger partial charge in [-0.15, -0.1) is 0 Å². The van der Waals surface area contributed by atoms with E-state index in [1.54, 1.807) is 0 Å². The van der Waals surface area contributed by atoms with Crippen molar-refractivity contribution in [3.05, 3.63) is 0 Å². The zero-order valence-electron chi connectivity index (χ0n) is 19.2. The van der Waals surface area contributed by atoms with E-state index in [1.807, 2.05) is 6.92 Å². The van der Waals surface area contributed by atoms with Gasteiger partial charge >= 0.3 is 11.9 Å². The summed E-state index contributed by atoms with van der Waals surface area (Å²) >= 11 is 0. The Kier molecular flexibility index (Phi) is 15.4. The molecule has 0 aromatic heterocycles. The molecule has 0 aromatic carbocycles. The number of carbonyl (C=O) groups is 2. The predicted octanol–water partition coefficient (Wildman–Crippen LogP) is 4.27. The minimum Gasteiger partial charge on any atom is -0.479 e. The molecule has 0 spiro atoms. The zero-order valence-corrected chi connectivity index (χ0v) is 19.2. The number of rotatable bonds is 12. The van der Waals surface area contributed by atoms with Crippen molar-refractivity contribution in [2.24, 2.45) is 23.7 Å². The number of ether oxygens (including phenoxy) is 1. The Hall–Kier alpha value is -1.14. The molecular weight excluding hydrogens is 360 g/mol. The van der Waals surface area contributed by atoms with Crippen molar-refractivity contribution in [3.8, 4) is 0 Å². The quantitative estimate of drug-likeness (QED) is 0.420. The largest absolute Gasteiger partial charge is 0.479 e. The summed E-state index contributed by atoms with van der Waals surface area (Å²) in [5.74, 6) is 0.211. The van der Waals surface area contributed by atoms with E-state index in [0.29, 0.717) is 30.8 Å². The van der Waals surface area contributed by atoms with Gasteiger partial charge in [-0.2, -0.15) is 0 Å². The third kappa shape index (κ3) is 14.9. The fourth-order valence-corrected chi connectivity index (χ4v) is 2.97. The maximum Gasteiger partial charge on any atom is 0.335 e. The first-order valence-electron chi connectivity index (χ1n) is 10.6. The van der Waals surface area contributed by atoms with Crippen molar-refractivity contribution in [2.75, 3.05) is 6.61 Å². The molecule has 6 unspecified atom stereocenters. The van der Waals surface area contributed by atoms with Crippen molar-refractivity contribution in [3.63, 3.8) is 0 Å². The average molecular weight is 405 g/mol. The number of esters is 1. The first-order chi connectivity index (χ1) is 12.8. The second-order valence-corrected chi connectivity index (χ2v) is 8.80. The molecule has 0 fully saturated rings. The topological polar surface area (TPSA) is 104 Å². The lowest BCUT2D eigenvalue weighted by atomic mass is 9.86. The number of aliphatic hydroxyl groups excluding tert-OH is 1. The molecule has 6 nitrogen and oxygen atoms in total. The first-order valence-corrected chi connectivity index (χ1v) is 10.6. The Bertz CT molecular complexity index is 431. The van der Waals surface area contributed by atoms with Gasteiger partial charge in [-0.05, 0) is 56.8 Å². The normalized spacial score (nSPS) is 18.5. The maximum atomic E-state index is 10.9. The van der Waals surface area contributed by atoms with E-state index in [4.69, 9.17) is 14.9 Å². The highest BCUT2D eigenvalue weighted by atomic mass is 16.5. The third-order valence-electron chi connectivity index (χ3n) is 5.06. The summed E-state index contributed by atoms with van der Waals surface area (Å²) in [6, 6.07) is 0. The minimum atomic E-state index is -1.58. The fraction of sp³-hybridized carbons (Fsp3) is 0.909. The molecule has 0 heterocycles. The van der Waals surface area contributed by atoms with Crippen LogP contribution in [0.15, 0.2) is 0 Å². The second-order valence-electron chi connectivity index (χ2n) is 8.80. The van der Waals surface area contributed by atoms with Crippen LogP contribution in [0.2, 0.25) is 0 Å². The summed E-state index contributed by atoms with van der Waals surface area (Å²) in [4.78, 5) is 21.6. The van der Waals surface area contributed by atoms with Gasteiger partial charge in [0.05, 0.1) is 6.61 Å². The Morgan fingerprint density at radius 2 is 1.32 bits per heavy atom. The molecule has 168 valence electrons. The monoisotopic (exact) mass is 404 g/mol. The fourth-order valence-electron chi connectivity index (χ4n) is 2.97. The van der Waals surface area contributed by atoms with Crippen LogP contribution in [0.4, 0.5) is 0 Å². The Morgan fingerprint density at radius 1 is 0.893 bits per heavy atom. The van der Waals surface area contributed by atoms with Crippen LogP contribution in [0.5, 0.6) is 0 Å². The van der Waals surface area contributed by atoms with Gasteiger partial charge in [0.25, 0.3) is 0 Å². The van der Waals surface area contributed by atoms with E-state index in [-0.39, 0.29) is 5.92 Å². The van der Waals surface area contributed by atoms with Gasteiger partial charge in [-0.25, -0.2) is 9.59 Å². The molecule has 3 N–H and O–H groups in total. The Morgan fingerprint density at radius 3 is 1.68 bits per heavy atom. The second kappa shape index (κ2) is 14.8. The lowest BCUT2D eigenvalue weighted by Crippen LogP contribution is -2.36. The van der Waals surface area contributed by atoms with Crippen LogP contribution in [-0.4, -0.2) is 45.6 Å². The minimum absolute atomic E-state index is 0.246. The Labute approximate surface area is 171 Å². The van der Waals surface area contributed by atoms with E-state index in [1.165, 1.54) is 13.8 Å². The summed E-state index contributed by atoms with van der Waals surface area (Å²) in [6.45, 7) is 15.8. The molecule has 0 aromatic rings. The summed E-state index contributed by atoms with van der Waals surface area (Å²) in [6.07, 6.45) is 3.59. The summed E-state index contributed by atoms with van der Waals surface area (Å²) in [5, 5.41) is 27.2. The van der Waals surface area contributed by atoms with Crippen molar-refractivity contribution in [1.82, 2.24) is 0 Å². The van der Waals surface area contributed by atoms with E-state index in [2.05, 4.69) is 34.6 Å². The van der Waals surface area contributed by atoms with Crippen molar-refractivity contribution >= 4 is 11.9 Å². The van der Waals surface area contributed by atoms with Crippen molar-refractivity contribution in [1.29, 1.82) is 0 Å². The molecule has 0 aliphatic rings. The summed E-state index contributed by atoms with van der Waals surface area (Å²) in [5.41, 5.74) is -1.58. The van der Waals surface area contributed by atoms with Gasteiger partial charge in [0.1, 0.15) is 6.10 Å². The highest BCUT2D eigenvalue weighted by molar-refractivity contribution is 5.76. The number of aliphatic carboxylic acids is 1. The number of carboxylic acid groups (broad SMARTS) is 1. The SMILES string of the molecule is CCC(C)CC(C)CC(C)(O)C(=O)O.CCC(C)CC(C)COC(=O)C(C)O. The molecule has 0 aliphatic carbocycles. The third-order valence-corrected chi connectivity index (χ3v) is 5.06. The Balaban J connectivity index is 0. The molecule has 0 saturated heterocycles. The molecule has 0 amide bonds. The van der Waals surface area contributed by atoms with Crippen molar-refractivity contribution in [2.45, 2.75) is 99.2 Å². The van der Waals surface area contributed by atoms with E-state index < -0.39 is 23.6 Å². The summed E-state index contributed by atoms with van der Waals surface area (Å²) < 4.78 is 4.92. The van der Waals surface area contributed by atoms with Gasteiger partial charge in [-0.1, -0.05) is 54.4 Å². The van der Waals surface area contributed by atoms with Crippen molar-refractivity contribution < 1.29 is 29.6 Å². The van der Waals surface area contributed by atoms with E-state index in [0.717, 1.165) is 25.7 Å². The zero-order chi connectivity index (χ0) is 22.5. The number of hydrogen-bond donors (Lipinski definition) is 3. The lowest BCUT2D eigenvalue weighted by Gasteiger charge is -2.23. The highest BCUT2D eigenvalue weighted by Gasteiger charge is 2.31. The lowest BCUT2D eigenvalue weighted by molar-refractivity contribution is -0.158. The first kappa shape index (κ1) is 29.1. The van der Waals surface area contributed by atoms with Crippen LogP contribution in [0, 0.1) is 23.7 Å².